The molecule has 0 atom stereocenters. The summed E-state index contributed by atoms with van der Waals surface area (Å²) < 4.78 is 8.41. The molecule has 0 aliphatic heterocycles. The zero-order valence-electron chi connectivity index (χ0n) is 29.0. The lowest BCUT2D eigenvalue weighted by molar-refractivity contribution is -0.870. The second kappa shape index (κ2) is 16.5. The molecule has 260 valence electrons. The number of benzene rings is 2. The van der Waals surface area contributed by atoms with Gasteiger partial charge >= 0.3 is 5.97 Å². The number of aliphatic hydroxyl groups excluding tert-OH is 2. The van der Waals surface area contributed by atoms with Gasteiger partial charge < -0.3 is 33.8 Å². The van der Waals surface area contributed by atoms with E-state index in [2.05, 4.69) is 63.7 Å². The van der Waals surface area contributed by atoms with E-state index in [9.17, 15) is 14.7 Å². The Morgan fingerprint density at radius 1 is 0.896 bits per heavy atom. The highest BCUT2D eigenvalue weighted by molar-refractivity contribution is 5.85. The molecule has 0 saturated carbocycles. The first kappa shape index (κ1) is 37.9. The number of fused-ring (bicyclic) bond motifs is 1. The number of phenols is 1. The summed E-state index contributed by atoms with van der Waals surface area (Å²) in [7, 11) is 12.3. The summed E-state index contributed by atoms with van der Waals surface area (Å²) in [5.74, 6) is -1.51. The number of aromatic hydroxyl groups is 1. The van der Waals surface area contributed by atoms with Crippen LogP contribution in [0.4, 0.5) is 11.4 Å². The molecule has 1 aliphatic rings. The number of carboxylic acid groups (broad SMARTS) is 1. The zero-order chi connectivity index (χ0) is 35.6. The van der Waals surface area contributed by atoms with E-state index in [-0.39, 0.29) is 53.0 Å². The zero-order valence-corrected chi connectivity index (χ0v) is 29.0. The van der Waals surface area contributed by atoms with Crippen molar-refractivity contribution in [3.8, 4) is 22.8 Å². The fourth-order valence-electron chi connectivity index (χ4n) is 4.81. The second-order valence-electron chi connectivity index (χ2n) is 13.7. The highest BCUT2D eigenvalue weighted by Gasteiger charge is 2.18. The number of aromatic carboxylic acids is 1. The molecule has 0 unspecified atom stereocenters. The van der Waals surface area contributed by atoms with Crippen LogP contribution in [0.25, 0.3) is 17.0 Å². The number of quaternary nitrogens is 2. The number of hydrogen-bond acceptors (Lipinski definition) is 8. The first-order valence-corrected chi connectivity index (χ1v) is 15.9. The molecular weight excluding hydrogens is 616 g/mol. The highest BCUT2D eigenvalue weighted by Crippen LogP contribution is 2.38. The van der Waals surface area contributed by atoms with E-state index >= 15 is 0 Å². The number of H-pyrrole nitrogens is 1. The molecule has 2 aromatic heterocycles. The van der Waals surface area contributed by atoms with Crippen LogP contribution in [0.2, 0.25) is 0 Å². The molecule has 5 N–H and O–H groups in total. The number of para-hydroxylation sites is 1. The van der Waals surface area contributed by atoms with Gasteiger partial charge in [-0.1, -0.05) is 12.1 Å². The summed E-state index contributed by atoms with van der Waals surface area (Å²) in [5, 5.41) is 47.7. The predicted octanol–water partition coefficient (Wildman–Crippen LogP) is 4.80. The number of nitrogens with zero attached hydrogens (tertiary/aromatic N) is 5. The Bertz CT molecular complexity index is 1740. The summed E-state index contributed by atoms with van der Waals surface area (Å²) >= 11 is 0. The van der Waals surface area contributed by atoms with Crippen LogP contribution in [-0.4, -0.2) is 114 Å². The number of aromatic amines is 1. The second-order valence-corrected chi connectivity index (χ2v) is 13.7. The van der Waals surface area contributed by atoms with Gasteiger partial charge in [0.15, 0.2) is 11.4 Å². The van der Waals surface area contributed by atoms with E-state index in [1.807, 2.05) is 12.1 Å². The number of rotatable bonds is 9. The van der Waals surface area contributed by atoms with Crippen molar-refractivity contribution >= 4 is 17.3 Å². The van der Waals surface area contributed by atoms with Crippen molar-refractivity contribution in [3.63, 3.8) is 0 Å². The van der Waals surface area contributed by atoms with Crippen LogP contribution in [0.15, 0.2) is 68.0 Å². The Balaban J connectivity index is 0.000000376. The van der Waals surface area contributed by atoms with Gasteiger partial charge in [0.25, 0.3) is 5.56 Å². The minimum Gasteiger partial charge on any atom is -0.505 e. The van der Waals surface area contributed by atoms with Crippen LogP contribution in [0.5, 0.6) is 5.75 Å². The number of aromatic nitrogens is 2. The number of carbonyl (C=O) groups is 1. The molecule has 48 heavy (non-hydrogen) atoms. The molecular formula is C35H50N6O7+2. The molecule has 13 nitrogen and oxygen atoms in total. The van der Waals surface area contributed by atoms with Gasteiger partial charge in [0.05, 0.1) is 72.4 Å². The van der Waals surface area contributed by atoms with Gasteiger partial charge in [-0.05, 0) is 80.1 Å². The van der Waals surface area contributed by atoms with Crippen LogP contribution in [0, 0.1) is 6.92 Å². The van der Waals surface area contributed by atoms with E-state index in [1.165, 1.54) is 40.4 Å². The summed E-state index contributed by atoms with van der Waals surface area (Å²) in [4.78, 5) is 24.1. The van der Waals surface area contributed by atoms with Crippen molar-refractivity contribution < 1.29 is 38.6 Å². The maximum atomic E-state index is 13.1. The molecule has 0 spiro atoms. The standard InChI is InChI=1S/C25H22N4O5.2C5H14NO/c1-14-22(24(31)29(28-14)17-10-9-15-5-2-3-6-16(15)13-17)27-26-19-8-4-7-18(23(19)30)20-11-12-21(34-20)25(32)33;2*1-6(2,3)4-5-7/h4,7-13,28,30H,2-3,5-6H2,1H3,(H,32,33);2*7H,4-5H2,1-3H3/q;2*+1. The van der Waals surface area contributed by atoms with Crippen molar-refractivity contribution in [1.82, 2.24) is 9.78 Å². The molecule has 2 aromatic carbocycles. The molecule has 2 heterocycles. The Hall–Kier alpha value is -4.56. The number of carboxylic acids is 1. The number of azo groups is 1. The molecule has 1 aliphatic carbocycles. The number of furan rings is 1. The van der Waals surface area contributed by atoms with Crippen LogP contribution in [0.3, 0.4) is 0 Å². The molecule has 0 radical (unpaired) electrons. The van der Waals surface area contributed by atoms with Gasteiger partial charge in [-0.3, -0.25) is 9.89 Å². The maximum Gasteiger partial charge on any atom is 0.371 e. The molecule has 13 heteroatoms. The van der Waals surface area contributed by atoms with Crippen LogP contribution >= 0.6 is 0 Å². The smallest absolute Gasteiger partial charge is 0.371 e. The number of aryl methyl sites for hydroxylation is 3. The molecule has 4 aromatic rings. The van der Waals surface area contributed by atoms with Gasteiger partial charge in [0, 0.05) is 0 Å². The van der Waals surface area contributed by atoms with E-state index in [1.54, 1.807) is 19.1 Å². The third kappa shape index (κ3) is 10.7. The Kier molecular flexibility index (Phi) is 13.0. The first-order valence-electron chi connectivity index (χ1n) is 15.9. The summed E-state index contributed by atoms with van der Waals surface area (Å²) in [6, 6.07) is 13.5. The summed E-state index contributed by atoms with van der Waals surface area (Å²) in [6.45, 7) is 3.96. The Morgan fingerprint density at radius 3 is 2.06 bits per heavy atom. The van der Waals surface area contributed by atoms with Crippen molar-refractivity contribution in [1.29, 1.82) is 0 Å². The highest BCUT2D eigenvalue weighted by atomic mass is 16.4. The van der Waals surface area contributed by atoms with Crippen molar-refractivity contribution in [2.24, 2.45) is 10.2 Å². The van der Waals surface area contributed by atoms with Crippen molar-refractivity contribution in [3.05, 3.63) is 81.5 Å². The minimum atomic E-state index is -1.21. The number of nitrogens with one attached hydrogen (secondary N) is 1. The van der Waals surface area contributed by atoms with E-state index in [0.717, 1.165) is 47.0 Å². The third-order valence-corrected chi connectivity index (χ3v) is 7.53. The lowest BCUT2D eigenvalue weighted by atomic mass is 9.91. The fourth-order valence-corrected chi connectivity index (χ4v) is 4.81. The largest absolute Gasteiger partial charge is 0.505 e. The molecule has 0 saturated heterocycles. The normalized spacial score (nSPS) is 12.9. The molecule has 5 rings (SSSR count). The molecule has 0 bridgehead atoms. The third-order valence-electron chi connectivity index (χ3n) is 7.53. The van der Waals surface area contributed by atoms with Gasteiger partial charge in [0.2, 0.25) is 5.76 Å². The topological polar surface area (TPSA) is 174 Å². The Labute approximate surface area is 281 Å². The predicted molar refractivity (Wildman–Crippen MR) is 185 cm³/mol. The van der Waals surface area contributed by atoms with Gasteiger partial charge in [-0.25, -0.2) is 9.48 Å². The maximum absolute atomic E-state index is 13.1. The SMILES string of the molecule is C[N+](C)(C)CCO.C[N+](C)(C)CCO.Cc1[nH]n(-c2ccc3c(c2)CCCC3)c(=O)c1N=Nc1cccc(-c2ccc(C(=O)O)o2)c1O. The average Bonchev–Trinajstić information content (AvgIpc) is 3.61. The van der Waals surface area contributed by atoms with Crippen molar-refractivity contribution in [2.45, 2.75) is 32.6 Å². The van der Waals surface area contributed by atoms with E-state index in [0.29, 0.717) is 5.69 Å². The Morgan fingerprint density at radius 2 is 1.52 bits per heavy atom. The van der Waals surface area contributed by atoms with Crippen LogP contribution in [-0.2, 0) is 12.8 Å². The first-order chi connectivity index (χ1) is 22.5. The average molecular weight is 667 g/mol. The number of phenolic OH excluding ortho intramolecular Hbond substituents is 1. The van der Waals surface area contributed by atoms with Crippen LogP contribution < -0.4 is 5.56 Å². The quantitative estimate of drug-likeness (QED) is 0.126. The van der Waals surface area contributed by atoms with Gasteiger partial charge in [0.1, 0.15) is 24.5 Å². The minimum absolute atomic E-state index is 0.117. The lowest BCUT2D eigenvalue weighted by Crippen LogP contribution is -2.36. The van der Waals surface area contributed by atoms with Crippen molar-refractivity contribution in [2.75, 3.05) is 68.6 Å². The number of likely N-dealkylation sites (N-methyl/N-ethyl adjacent to an activating group) is 2. The summed E-state index contributed by atoms with van der Waals surface area (Å²) in [6.07, 6.45) is 4.40. The van der Waals surface area contributed by atoms with Crippen LogP contribution in [0.1, 0.15) is 40.2 Å². The van der Waals surface area contributed by atoms with Gasteiger partial charge in [-0.15, -0.1) is 10.2 Å². The number of hydrogen-bond donors (Lipinski definition) is 5. The van der Waals surface area contributed by atoms with Gasteiger partial charge in [-0.2, -0.15) is 0 Å². The monoisotopic (exact) mass is 666 g/mol. The molecule has 0 amide bonds. The summed E-state index contributed by atoms with van der Waals surface area (Å²) in [5.41, 5.74) is 4.04. The number of aliphatic hydroxyl groups is 2. The van der Waals surface area contributed by atoms with E-state index < -0.39 is 5.97 Å². The van der Waals surface area contributed by atoms with E-state index in [4.69, 9.17) is 19.7 Å². The lowest BCUT2D eigenvalue weighted by Gasteiger charge is -2.21. The molecule has 0 fully saturated rings. The fraction of sp³-hybridized carbons (Fsp3) is 0.429.